The van der Waals surface area contributed by atoms with Crippen molar-refractivity contribution in [3.05, 3.63) is 35.9 Å². The van der Waals surface area contributed by atoms with Crippen LogP contribution in [-0.4, -0.2) is 139 Å². The molecule has 362 valence electrons. The van der Waals surface area contributed by atoms with Crippen LogP contribution in [0.3, 0.4) is 0 Å². The molecular weight excluding hydrogens is 821 g/mol. The van der Waals surface area contributed by atoms with E-state index in [0.717, 1.165) is 5.56 Å². The summed E-state index contributed by atoms with van der Waals surface area (Å²) in [4.78, 5) is 98.6. The summed E-state index contributed by atoms with van der Waals surface area (Å²) in [5, 5.41) is 11.8. The normalized spacial score (nSPS) is 18.5. The molecule has 2 rings (SSSR count). The fourth-order valence-electron chi connectivity index (χ4n) is 9.30. The summed E-state index contributed by atoms with van der Waals surface area (Å²) >= 11 is 0. The number of benzene rings is 1. The monoisotopic (exact) mass is 901 g/mol. The summed E-state index contributed by atoms with van der Waals surface area (Å²) in [7, 11) is 6.75. The van der Waals surface area contributed by atoms with Crippen LogP contribution in [0.4, 0.5) is 0 Å². The van der Waals surface area contributed by atoms with E-state index in [1.807, 2.05) is 78.9 Å². The third-order valence-electron chi connectivity index (χ3n) is 13.4. The topological polar surface area (TPSA) is 189 Å². The number of carbonyl (C=O) groups is 7. The Hall–Kier alpha value is -4.21. The van der Waals surface area contributed by atoms with Crippen molar-refractivity contribution < 1.29 is 52.9 Å². The zero-order valence-corrected chi connectivity index (χ0v) is 40.9. The predicted octanol–water partition coefficient (Wildman–Crippen LogP) is 5.80. The number of nitrogens with one attached hydrogen (secondary N) is 1. The van der Waals surface area contributed by atoms with Crippen molar-refractivity contribution in [3.8, 4) is 0 Å². The number of aliphatic carboxylic acids is 1. The molecule has 0 aromatic heterocycles. The van der Waals surface area contributed by atoms with E-state index in [2.05, 4.69) is 24.1 Å². The summed E-state index contributed by atoms with van der Waals surface area (Å²) in [6, 6.07) is 8.05. The third-order valence-corrected chi connectivity index (χ3v) is 13.4. The van der Waals surface area contributed by atoms with Crippen LogP contribution in [0.15, 0.2) is 30.3 Å². The maximum absolute atomic E-state index is 14.5. The van der Waals surface area contributed by atoms with E-state index in [1.54, 1.807) is 30.9 Å². The van der Waals surface area contributed by atoms with Gasteiger partial charge in [-0.1, -0.05) is 85.2 Å². The highest BCUT2D eigenvalue weighted by molar-refractivity contribution is 5.90. The van der Waals surface area contributed by atoms with Gasteiger partial charge in [-0.25, -0.2) is 0 Å². The van der Waals surface area contributed by atoms with E-state index in [1.165, 1.54) is 7.11 Å². The summed E-state index contributed by atoms with van der Waals surface area (Å²) in [5.41, 5.74) is 0.801. The number of Topliss-reactive ketones (excluding diaryl/α,β-unsaturated/α-hetero) is 2. The molecule has 0 bridgehead atoms. The number of ketones is 2. The maximum Gasteiger partial charge on any atom is 0.303 e. The van der Waals surface area contributed by atoms with Gasteiger partial charge in [0.1, 0.15) is 5.78 Å². The Bertz CT molecular complexity index is 1660. The number of hydrogen-bond donors (Lipinski definition) is 2. The number of ether oxygens (including phenoxy) is 3. The molecule has 64 heavy (non-hydrogen) atoms. The number of methoxy groups -OCH3 is 2. The Balaban J connectivity index is 2.35. The standard InChI is InChI=1S/C49H80N4O11/c1-14-33(8)46(52(11)49(61)37(30(2)3)27-40(56)45(31(4)5)51(10)32(6)7)41(62-12)28-43(57)53-24-18-21-38(53)47(63-13)34(9)39(55)26-36(25-35-19-16-15-17-20-35)48(60)50-42(64-29-54)22-23-44(58)59/h15-17,19-20,29-34,36-38,41-42,45-47H,14,18,21-28H2,1-13H3,(H,50,60)(H,58,59)/t33-,34-,36+,37-,38-,41+,42?,45-,46-,47+/m0/s1. The first kappa shape index (κ1) is 55.9. The van der Waals surface area contributed by atoms with Gasteiger partial charge in [0, 0.05) is 70.9 Å². The lowest BCUT2D eigenvalue weighted by atomic mass is 9.83. The van der Waals surface area contributed by atoms with Crippen molar-refractivity contribution in [3.63, 3.8) is 0 Å². The minimum absolute atomic E-state index is 0.0243. The Morgan fingerprint density at radius 1 is 0.891 bits per heavy atom. The lowest BCUT2D eigenvalue weighted by Gasteiger charge is -2.41. The molecule has 0 radical (unpaired) electrons. The van der Waals surface area contributed by atoms with Crippen molar-refractivity contribution in [1.82, 2.24) is 20.0 Å². The number of carboxylic acids is 1. The van der Waals surface area contributed by atoms with Crippen molar-refractivity contribution in [1.29, 1.82) is 0 Å². The SMILES string of the molecule is CC[C@H](C)[C@@H]([C@@H](CC(=O)N1CCC[C@H]1[C@H](OC)[C@@H](C)C(=O)C[C@@H](Cc1ccccc1)C(=O)NC(CCC(=O)O)OC=O)OC)N(C)C(=O)[C@@H](CC(=O)[C@H](C(C)C)N(C)C(C)C)C(C)C. The van der Waals surface area contributed by atoms with Crippen LogP contribution in [0.25, 0.3) is 0 Å². The highest BCUT2D eigenvalue weighted by Gasteiger charge is 2.44. The number of amides is 3. The molecule has 1 saturated heterocycles. The van der Waals surface area contributed by atoms with Gasteiger partial charge in [0.05, 0.1) is 43.2 Å². The van der Waals surface area contributed by atoms with Crippen LogP contribution in [0.2, 0.25) is 0 Å². The first-order valence-corrected chi connectivity index (χ1v) is 23.2. The second kappa shape index (κ2) is 27.3. The summed E-state index contributed by atoms with van der Waals surface area (Å²) < 4.78 is 17.1. The molecular formula is C49H80N4O11. The Labute approximate surface area is 382 Å². The molecule has 3 amide bonds. The number of carbonyl (C=O) groups excluding carboxylic acids is 6. The average Bonchev–Trinajstić information content (AvgIpc) is 3.73. The van der Waals surface area contributed by atoms with E-state index >= 15 is 0 Å². The van der Waals surface area contributed by atoms with Crippen LogP contribution in [0, 0.1) is 35.5 Å². The van der Waals surface area contributed by atoms with Crippen molar-refractivity contribution in [2.75, 3.05) is 34.9 Å². The lowest BCUT2D eigenvalue weighted by molar-refractivity contribution is -0.149. The molecule has 1 heterocycles. The van der Waals surface area contributed by atoms with Gasteiger partial charge in [-0.05, 0) is 63.5 Å². The molecule has 0 spiro atoms. The van der Waals surface area contributed by atoms with Crippen molar-refractivity contribution >= 4 is 41.7 Å². The van der Waals surface area contributed by atoms with Gasteiger partial charge in [-0.3, -0.25) is 38.5 Å². The largest absolute Gasteiger partial charge is 0.481 e. The Morgan fingerprint density at radius 2 is 1.53 bits per heavy atom. The second-order valence-corrected chi connectivity index (χ2v) is 18.8. The zero-order chi connectivity index (χ0) is 48.4. The van der Waals surface area contributed by atoms with E-state index < -0.39 is 60.1 Å². The van der Waals surface area contributed by atoms with Crippen LogP contribution in [-0.2, 0) is 54.2 Å². The smallest absolute Gasteiger partial charge is 0.303 e. The van der Waals surface area contributed by atoms with Gasteiger partial charge in [0.25, 0.3) is 6.47 Å². The molecule has 1 aliphatic heterocycles. The number of hydrogen-bond acceptors (Lipinski definition) is 11. The number of likely N-dealkylation sites (N-methyl/N-ethyl adjacent to an activating group) is 2. The fraction of sp³-hybridized carbons (Fsp3) is 0.735. The van der Waals surface area contributed by atoms with Gasteiger partial charge in [-0.15, -0.1) is 0 Å². The second-order valence-electron chi connectivity index (χ2n) is 18.8. The number of nitrogens with zero attached hydrogens (tertiary/aromatic N) is 3. The van der Waals surface area contributed by atoms with Crippen LogP contribution < -0.4 is 5.32 Å². The highest BCUT2D eigenvalue weighted by Crippen LogP contribution is 2.32. The predicted molar refractivity (Wildman–Crippen MR) is 245 cm³/mol. The molecule has 10 atom stereocenters. The Kier molecular flexibility index (Phi) is 23.9. The summed E-state index contributed by atoms with van der Waals surface area (Å²) in [6.45, 7) is 18.5. The fourth-order valence-corrected chi connectivity index (χ4v) is 9.30. The van der Waals surface area contributed by atoms with Gasteiger partial charge in [0.2, 0.25) is 17.7 Å². The first-order valence-electron chi connectivity index (χ1n) is 23.2. The zero-order valence-electron chi connectivity index (χ0n) is 40.9. The molecule has 2 N–H and O–H groups in total. The molecule has 15 heteroatoms. The quantitative estimate of drug-likeness (QED) is 0.0699. The van der Waals surface area contributed by atoms with E-state index in [9.17, 15) is 33.6 Å². The van der Waals surface area contributed by atoms with Crippen LogP contribution in [0.5, 0.6) is 0 Å². The third kappa shape index (κ3) is 16.0. The molecule has 0 aliphatic carbocycles. The molecule has 0 saturated carbocycles. The Morgan fingerprint density at radius 3 is 2.05 bits per heavy atom. The summed E-state index contributed by atoms with van der Waals surface area (Å²) in [5.74, 6) is -4.55. The molecule has 1 unspecified atom stereocenters. The molecule has 1 aromatic carbocycles. The molecule has 1 aliphatic rings. The van der Waals surface area contributed by atoms with Crippen LogP contribution in [0.1, 0.15) is 119 Å². The molecule has 1 aromatic rings. The van der Waals surface area contributed by atoms with Crippen molar-refractivity contribution in [2.24, 2.45) is 35.5 Å². The number of carboxylic acid groups (broad SMARTS) is 1. The lowest BCUT2D eigenvalue weighted by Crippen LogP contribution is -2.54. The van der Waals surface area contributed by atoms with E-state index in [4.69, 9.17) is 19.3 Å². The number of likely N-dealkylation sites (tertiary alicyclic amines) is 1. The van der Waals surface area contributed by atoms with Crippen molar-refractivity contribution in [2.45, 2.75) is 163 Å². The maximum atomic E-state index is 14.5. The van der Waals surface area contributed by atoms with Gasteiger partial charge >= 0.3 is 5.97 Å². The van der Waals surface area contributed by atoms with Gasteiger partial charge < -0.3 is 34.4 Å². The van der Waals surface area contributed by atoms with E-state index in [-0.39, 0.29) is 98.2 Å². The summed E-state index contributed by atoms with van der Waals surface area (Å²) in [6.07, 6.45) is -0.991. The van der Waals surface area contributed by atoms with E-state index in [0.29, 0.717) is 25.8 Å². The number of rotatable bonds is 30. The molecule has 1 fully saturated rings. The van der Waals surface area contributed by atoms with Gasteiger partial charge in [0.15, 0.2) is 12.0 Å². The van der Waals surface area contributed by atoms with Gasteiger partial charge in [-0.2, -0.15) is 0 Å². The highest BCUT2D eigenvalue weighted by atomic mass is 16.5. The average molecular weight is 901 g/mol. The minimum atomic E-state index is -1.19. The van der Waals surface area contributed by atoms with Crippen LogP contribution >= 0.6 is 0 Å². The molecule has 15 nitrogen and oxygen atoms in total. The first-order chi connectivity index (χ1) is 30.1. The minimum Gasteiger partial charge on any atom is -0.481 e.